The van der Waals surface area contributed by atoms with E-state index < -0.39 is 17.8 Å². The number of rotatable bonds is 5. The summed E-state index contributed by atoms with van der Waals surface area (Å²) in [7, 11) is 0. The van der Waals surface area contributed by atoms with Gasteiger partial charge >= 0.3 is 5.97 Å². The SMILES string of the molecule is O=C(O)CCc1cccc(NC(=O)c2cccc(F)n2)c1. The summed E-state index contributed by atoms with van der Waals surface area (Å²) < 4.78 is 13.0. The number of aliphatic carboxylic acids is 1. The van der Waals surface area contributed by atoms with E-state index in [9.17, 15) is 14.0 Å². The maximum absolute atomic E-state index is 13.0. The van der Waals surface area contributed by atoms with E-state index in [0.717, 1.165) is 11.6 Å². The number of amides is 1. The molecule has 21 heavy (non-hydrogen) atoms. The monoisotopic (exact) mass is 288 g/mol. The van der Waals surface area contributed by atoms with Crippen molar-refractivity contribution in [3.05, 3.63) is 59.7 Å². The van der Waals surface area contributed by atoms with Crippen molar-refractivity contribution in [2.75, 3.05) is 5.32 Å². The normalized spacial score (nSPS) is 10.1. The van der Waals surface area contributed by atoms with Gasteiger partial charge in [0.15, 0.2) is 0 Å². The van der Waals surface area contributed by atoms with Crippen LogP contribution in [0, 0.1) is 5.95 Å². The number of carboxylic acids is 1. The average Bonchev–Trinajstić information content (AvgIpc) is 2.45. The first-order chi connectivity index (χ1) is 10.0. The van der Waals surface area contributed by atoms with Crippen LogP contribution in [0.2, 0.25) is 0 Å². The Morgan fingerprint density at radius 3 is 2.67 bits per heavy atom. The van der Waals surface area contributed by atoms with Crippen molar-refractivity contribution >= 4 is 17.6 Å². The molecule has 1 heterocycles. The van der Waals surface area contributed by atoms with Crippen LogP contribution in [0.3, 0.4) is 0 Å². The minimum atomic E-state index is -0.881. The number of aromatic nitrogens is 1. The number of pyridine rings is 1. The molecule has 0 saturated carbocycles. The molecule has 0 unspecified atom stereocenters. The van der Waals surface area contributed by atoms with E-state index in [-0.39, 0.29) is 12.1 Å². The third kappa shape index (κ3) is 4.38. The predicted molar refractivity (Wildman–Crippen MR) is 74.5 cm³/mol. The maximum Gasteiger partial charge on any atom is 0.303 e. The molecule has 108 valence electrons. The Bertz CT molecular complexity index is 673. The van der Waals surface area contributed by atoms with Crippen LogP contribution in [-0.2, 0) is 11.2 Å². The van der Waals surface area contributed by atoms with E-state index in [0.29, 0.717) is 12.1 Å². The molecule has 0 spiro atoms. The lowest BCUT2D eigenvalue weighted by atomic mass is 10.1. The number of nitrogens with one attached hydrogen (secondary N) is 1. The Hall–Kier alpha value is -2.76. The van der Waals surface area contributed by atoms with Crippen LogP contribution in [0.25, 0.3) is 0 Å². The zero-order valence-electron chi connectivity index (χ0n) is 11.0. The van der Waals surface area contributed by atoms with Crippen molar-refractivity contribution in [2.45, 2.75) is 12.8 Å². The van der Waals surface area contributed by atoms with Crippen molar-refractivity contribution in [1.82, 2.24) is 4.98 Å². The lowest BCUT2D eigenvalue weighted by Crippen LogP contribution is -2.14. The first-order valence-corrected chi connectivity index (χ1v) is 6.29. The quantitative estimate of drug-likeness (QED) is 0.828. The molecule has 1 aromatic carbocycles. The van der Waals surface area contributed by atoms with Crippen LogP contribution in [0.5, 0.6) is 0 Å². The van der Waals surface area contributed by atoms with Gasteiger partial charge in [-0.2, -0.15) is 4.39 Å². The molecule has 1 aromatic heterocycles. The van der Waals surface area contributed by atoms with Crippen LogP contribution in [0.15, 0.2) is 42.5 Å². The van der Waals surface area contributed by atoms with Crippen LogP contribution in [0.4, 0.5) is 10.1 Å². The number of hydrogen-bond donors (Lipinski definition) is 2. The third-order valence-electron chi connectivity index (χ3n) is 2.76. The Kier molecular flexibility index (Phi) is 4.61. The van der Waals surface area contributed by atoms with Gasteiger partial charge in [0.05, 0.1) is 0 Å². The summed E-state index contributed by atoms with van der Waals surface area (Å²) in [6, 6.07) is 10.8. The van der Waals surface area contributed by atoms with E-state index in [1.807, 2.05) is 0 Å². The summed E-state index contributed by atoms with van der Waals surface area (Å²) in [5.41, 5.74) is 1.28. The highest BCUT2D eigenvalue weighted by molar-refractivity contribution is 6.02. The van der Waals surface area contributed by atoms with Gasteiger partial charge in [-0.1, -0.05) is 18.2 Å². The molecule has 0 atom stereocenters. The van der Waals surface area contributed by atoms with Crippen molar-refractivity contribution in [3.63, 3.8) is 0 Å². The minimum Gasteiger partial charge on any atom is -0.481 e. The van der Waals surface area contributed by atoms with Gasteiger partial charge in [0.2, 0.25) is 5.95 Å². The second-order valence-electron chi connectivity index (χ2n) is 4.39. The van der Waals surface area contributed by atoms with Crippen molar-refractivity contribution in [1.29, 1.82) is 0 Å². The molecular formula is C15H13FN2O3. The summed E-state index contributed by atoms with van der Waals surface area (Å²) in [6.07, 6.45) is 0.389. The van der Waals surface area contributed by atoms with Gasteiger partial charge < -0.3 is 10.4 Å². The highest BCUT2D eigenvalue weighted by Gasteiger charge is 2.09. The fourth-order valence-electron chi connectivity index (χ4n) is 1.79. The zero-order chi connectivity index (χ0) is 15.2. The molecule has 0 aliphatic heterocycles. The zero-order valence-corrected chi connectivity index (χ0v) is 11.0. The third-order valence-corrected chi connectivity index (χ3v) is 2.76. The van der Waals surface area contributed by atoms with Gasteiger partial charge in [0, 0.05) is 12.1 Å². The van der Waals surface area contributed by atoms with Gasteiger partial charge in [-0.15, -0.1) is 0 Å². The van der Waals surface area contributed by atoms with Crippen LogP contribution in [-0.4, -0.2) is 22.0 Å². The summed E-state index contributed by atoms with van der Waals surface area (Å²) >= 11 is 0. The number of hydrogen-bond acceptors (Lipinski definition) is 3. The molecular weight excluding hydrogens is 275 g/mol. The highest BCUT2D eigenvalue weighted by Crippen LogP contribution is 2.13. The molecule has 0 aliphatic carbocycles. The highest BCUT2D eigenvalue weighted by atomic mass is 19.1. The molecule has 0 bridgehead atoms. The van der Waals surface area contributed by atoms with E-state index in [2.05, 4.69) is 10.3 Å². The Morgan fingerprint density at radius 1 is 1.19 bits per heavy atom. The van der Waals surface area contributed by atoms with Gasteiger partial charge in [-0.3, -0.25) is 9.59 Å². The number of carbonyl (C=O) groups excluding carboxylic acids is 1. The van der Waals surface area contributed by atoms with E-state index in [1.165, 1.54) is 12.1 Å². The summed E-state index contributed by atoms with van der Waals surface area (Å²) in [4.78, 5) is 25.9. The Labute approximate surface area is 120 Å². The molecule has 2 rings (SSSR count). The first kappa shape index (κ1) is 14.6. The van der Waals surface area contributed by atoms with E-state index in [1.54, 1.807) is 24.3 Å². The number of aryl methyl sites for hydroxylation is 1. The number of carboxylic acid groups (broad SMARTS) is 1. The van der Waals surface area contributed by atoms with Gasteiger partial charge in [-0.25, -0.2) is 4.98 Å². The maximum atomic E-state index is 13.0. The molecule has 0 aliphatic rings. The molecule has 2 N–H and O–H groups in total. The van der Waals surface area contributed by atoms with Crippen molar-refractivity contribution in [3.8, 4) is 0 Å². The first-order valence-electron chi connectivity index (χ1n) is 6.29. The minimum absolute atomic E-state index is 0.0167. The smallest absolute Gasteiger partial charge is 0.303 e. The number of halogens is 1. The summed E-state index contributed by atoms with van der Waals surface area (Å²) in [5.74, 6) is -2.13. The lowest BCUT2D eigenvalue weighted by Gasteiger charge is -2.06. The van der Waals surface area contributed by atoms with Crippen LogP contribution >= 0.6 is 0 Å². The lowest BCUT2D eigenvalue weighted by molar-refractivity contribution is -0.136. The Balaban J connectivity index is 2.07. The number of nitrogens with zero attached hydrogens (tertiary/aromatic N) is 1. The number of carbonyl (C=O) groups is 2. The second kappa shape index (κ2) is 6.60. The van der Waals surface area contributed by atoms with Gasteiger partial charge in [0.25, 0.3) is 5.91 Å². The Morgan fingerprint density at radius 2 is 1.95 bits per heavy atom. The fraction of sp³-hybridized carbons (Fsp3) is 0.133. The summed E-state index contributed by atoms with van der Waals surface area (Å²) in [6.45, 7) is 0. The molecule has 2 aromatic rings. The molecule has 0 fully saturated rings. The molecule has 6 heteroatoms. The molecule has 0 radical (unpaired) electrons. The predicted octanol–water partition coefficient (Wildman–Crippen LogP) is 2.49. The average molecular weight is 288 g/mol. The van der Waals surface area contributed by atoms with Crippen molar-refractivity contribution in [2.24, 2.45) is 0 Å². The summed E-state index contributed by atoms with van der Waals surface area (Å²) in [5, 5.41) is 11.2. The topological polar surface area (TPSA) is 79.3 Å². The standard InChI is InChI=1S/C15H13FN2O3/c16-13-6-2-5-12(18-13)15(21)17-11-4-1-3-10(9-11)7-8-14(19)20/h1-6,9H,7-8H2,(H,17,21)(H,19,20). The van der Waals surface area contributed by atoms with Gasteiger partial charge in [-0.05, 0) is 36.2 Å². The van der Waals surface area contributed by atoms with Crippen LogP contribution in [0.1, 0.15) is 22.5 Å². The number of benzene rings is 1. The van der Waals surface area contributed by atoms with E-state index in [4.69, 9.17) is 5.11 Å². The second-order valence-corrected chi connectivity index (χ2v) is 4.39. The van der Waals surface area contributed by atoms with E-state index >= 15 is 0 Å². The molecule has 5 nitrogen and oxygen atoms in total. The largest absolute Gasteiger partial charge is 0.481 e. The van der Waals surface area contributed by atoms with Gasteiger partial charge in [0.1, 0.15) is 5.69 Å². The van der Waals surface area contributed by atoms with Crippen LogP contribution < -0.4 is 5.32 Å². The molecule has 1 amide bonds. The fourth-order valence-corrected chi connectivity index (χ4v) is 1.79. The number of anilines is 1. The van der Waals surface area contributed by atoms with Crippen molar-refractivity contribution < 1.29 is 19.1 Å². The molecule has 0 saturated heterocycles.